The minimum absolute atomic E-state index is 0.0597. The van der Waals surface area contributed by atoms with E-state index < -0.39 is 0 Å². The fourth-order valence-corrected chi connectivity index (χ4v) is 2.16. The van der Waals surface area contributed by atoms with Gasteiger partial charge in [0.05, 0.1) is 0 Å². The average Bonchev–Trinajstić information content (AvgIpc) is 2.88. The van der Waals surface area contributed by atoms with E-state index in [0.717, 1.165) is 13.0 Å². The number of amides is 1. The van der Waals surface area contributed by atoms with Crippen LogP contribution >= 0.6 is 0 Å². The summed E-state index contributed by atoms with van der Waals surface area (Å²) in [6, 6.07) is 8.29. The van der Waals surface area contributed by atoms with Gasteiger partial charge in [0.15, 0.2) is 0 Å². The summed E-state index contributed by atoms with van der Waals surface area (Å²) < 4.78 is 0. The van der Waals surface area contributed by atoms with Crippen molar-refractivity contribution < 1.29 is 4.79 Å². The van der Waals surface area contributed by atoms with Crippen molar-refractivity contribution in [2.45, 2.75) is 12.8 Å². The predicted octanol–water partition coefficient (Wildman–Crippen LogP) is 1.99. The summed E-state index contributed by atoms with van der Waals surface area (Å²) in [4.78, 5) is 14.6. The first-order chi connectivity index (χ1) is 9.81. The molecule has 1 heterocycles. The first-order valence-corrected chi connectivity index (χ1v) is 6.94. The summed E-state index contributed by atoms with van der Waals surface area (Å²) in [5, 5.41) is 7.33. The molecule has 2 rings (SSSR count). The maximum atomic E-state index is 11.4. The Bertz CT molecular complexity index is 574. The third-order valence-corrected chi connectivity index (χ3v) is 3.22. The average molecular weight is 271 g/mol. The number of aromatic nitrogens is 1. The van der Waals surface area contributed by atoms with Crippen LogP contribution in [-0.2, 0) is 11.2 Å². The quantitative estimate of drug-likeness (QED) is 0.508. The first kappa shape index (κ1) is 14.3. The van der Waals surface area contributed by atoms with Crippen LogP contribution in [0.2, 0.25) is 0 Å². The molecular formula is C16H21N3O. The maximum absolute atomic E-state index is 11.4. The molecule has 106 valence electrons. The molecule has 0 aliphatic rings. The molecular weight excluding hydrogens is 250 g/mol. The van der Waals surface area contributed by atoms with Gasteiger partial charge in [-0.1, -0.05) is 24.3 Å². The molecule has 1 aromatic carbocycles. The normalized spacial score (nSPS) is 10.6. The van der Waals surface area contributed by atoms with E-state index in [0.29, 0.717) is 19.5 Å². The molecule has 3 N–H and O–H groups in total. The van der Waals surface area contributed by atoms with Gasteiger partial charge in [0.25, 0.3) is 0 Å². The molecule has 0 fully saturated rings. The summed E-state index contributed by atoms with van der Waals surface area (Å²) in [7, 11) is 0. The van der Waals surface area contributed by atoms with Crippen LogP contribution in [0.1, 0.15) is 12.0 Å². The lowest BCUT2D eigenvalue weighted by Gasteiger charge is -2.04. The van der Waals surface area contributed by atoms with Crippen molar-refractivity contribution in [3.8, 4) is 0 Å². The lowest BCUT2D eigenvalue weighted by atomic mass is 10.1. The number of carbonyl (C=O) groups excluding carboxylic acids is 1. The van der Waals surface area contributed by atoms with Gasteiger partial charge in [0.1, 0.15) is 0 Å². The molecule has 0 aliphatic carbocycles. The first-order valence-electron chi connectivity index (χ1n) is 6.94. The zero-order valence-electron chi connectivity index (χ0n) is 11.6. The molecule has 0 saturated heterocycles. The molecule has 4 nitrogen and oxygen atoms in total. The zero-order chi connectivity index (χ0) is 14.2. The van der Waals surface area contributed by atoms with Crippen LogP contribution in [0.5, 0.6) is 0 Å². The molecule has 0 spiro atoms. The Labute approximate surface area is 119 Å². The van der Waals surface area contributed by atoms with Gasteiger partial charge in [0, 0.05) is 36.6 Å². The Morgan fingerprint density at radius 1 is 1.30 bits per heavy atom. The SMILES string of the molecule is C=CCNC(=O)CCNCCc1c[nH]c2ccccc12. The van der Waals surface area contributed by atoms with Crippen molar-refractivity contribution in [3.63, 3.8) is 0 Å². The van der Waals surface area contributed by atoms with Gasteiger partial charge in [-0.3, -0.25) is 4.79 Å². The van der Waals surface area contributed by atoms with E-state index in [1.54, 1.807) is 6.08 Å². The number of nitrogens with one attached hydrogen (secondary N) is 3. The molecule has 1 amide bonds. The largest absolute Gasteiger partial charge is 0.361 e. The highest BCUT2D eigenvalue weighted by molar-refractivity contribution is 5.83. The Hall–Kier alpha value is -2.07. The highest BCUT2D eigenvalue weighted by Crippen LogP contribution is 2.17. The van der Waals surface area contributed by atoms with Crippen molar-refractivity contribution in [1.29, 1.82) is 0 Å². The van der Waals surface area contributed by atoms with Crippen LogP contribution in [0.15, 0.2) is 43.1 Å². The van der Waals surface area contributed by atoms with E-state index in [1.807, 2.05) is 6.07 Å². The number of carbonyl (C=O) groups is 1. The van der Waals surface area contributed by atoms with Gasteiger partial charge in [0.2, 0.25) is 5.91 Å². The molecule has 0 aliphatic heterocycles. The maximum Gasteiger partial charge on any atom is 0.221 e. The summed E-state index contributed by atoms with van der Waals surface area (Å²) >= 11 is 0. The van der Waals surface area contributed by atoms with E-state index in [9.17, 15) is 4.79 Å². The Kier molecular flexibility index (Phi) is 5.38. The van der Waals surface area contributed by atoms with Crippen LogP contribution < -0.4 is 10.6 Å². The van der Waals surface area contributed by atoms with Crippen LogP contribution in [-0.4, -0.2) is 30.5 Å². The van der Waals surface area contributed by atoms with E-state index in [2.05, 4.69) is 46.6 Å². The minimum atomic E-state index is 0.0597. The van der Waals surface area contributed by atoms with Crippen LogP contribution in [0.25, 0.3) is 10.9 Å². The van der Waals surface area contributed by atoms with Crippen molar-refractivity contribution in [2.24, 2.45) is 0 Å². The zero-order valence-corrected chi connectivity index (χ0v) is 11.6. The molecule has 4 heteroatoms. The van der Waals surface area contributed by atoms with Crippen molar-refractivity contribution in [2.75, 3.05) is 19.6 Å². The second kappa shape index (κ2) is 7.50. The minimum Gasteiger partial charge on any atom is -0.361 e. The lowest BCUT2D eigenvalue weighted by molar-refractivity contribution is -0.120. The fourth-order valence-electron chi connectivity index (χ4n) is 2.16. The van der Waals surface area contributed by atoms with Crippen LogP contribution in [0, 0.1) is 0 Å². The summed E-state index contributed by atoms with van der Waals surface area (Å²) in [5.74, 6) is 0.0597. The Balaban J connectivity index is 1.69. The second-order valence-electron chi connectivity index (χ2n) is 4.70. The smallest absolute Gasteiger partial charge is 0.221 e. The lowest BCUT2D eigenvalue weighted by Crippen LogP contribution is -2.28. The molecule has 0 unspecified atom stereocenters. The number of H-pyrrole nitrogens is 1. The van der Waals surface area contributed by atoms with Crippen LogP contribution in [0.4, 0.5) is 0 Å². The van der Waals surface area contributed by atoms with Crippen molar-refractivity contribution >= 4 is 16.8 Å². The number of benzene rings is 1. The standard InChI is InChI=1S/C16H21N3O/c1-2-9-18-16(20)8-11-17-10-7-13-12-19-15-6-4-3-5-14(13)15/h2-6,12,17,19H,1,7-11H2,(H,18,20). The van der Waals surface area contributed by atoms with Crippen molar-refractivity contribution in [1.82, 2.24) is 15.6 Å². The van der Waals surface area contributed by atoms with E-state index >= 15 is 0 Å². The van der Waals surface area contributed by atoms with Gasteiger partial charge in [-0.2, -0.15) is 0 Å². The number of hydrogen-bond acceptors (Lipinski definition) is 2. The molecule has 0 saturated carbocycles. The van der Waals surface area contributed by atoms with Crippen LogP contribution in [0.3, 0.4) is 0 Å². The molecule has 2 aromatic rings. The van der Waals surface area contributed by atoms with Gasteiger partial charge in [-0.25, -0.2) is 0 Å². The summed E-state index contributed by atoms with van der Waals surface area (Å²) in [6.07, 6.45) is 5.20. The Morgan fingerprint density at radius 3 is 3.00 bits per heavy atom. The molecule has 0 radical (unpaired) electrons. The van der Waals surface area contributed by atoms with Gasteiger partial charge >= 0.3 is 0 Å². The topological polar surface area (TPSA) is 56.9 Å². The number of fused-ring (bicyclic) bond motifs is 1. The number of rotatable bonds is 8. The number of para-hydroxylation sites is 1. The molecule has 1 aromatic heterocycles. The van der Waals surface area contributed by atoms with Gasteiger partial charge in [-0.05, 0) is 24.6 Å². The monoisotopic (exact) mass is 271 g/mol. The highest BCUT2D eigenvalue weighted by Gasteiger charge is 2.02. The third-order valence-electron chi connectivity index (χ3n) is 3.22. The van der Waals surface area contributed by atoms with E-state index in [-0.39, 0.29) is 5.91 Å². The fraction of sp³-hybridized carbons (Fsp3) is 0.312. The highest BCUT2D eigenvalue weighted by atomic mass is 16.1. The van der Waals surface area contributed by atoms with E-state index in [4.69, 9.17) is 0 Å². The summed E-state index contributed by atoms with van der Waals surface area (Å²) in [5.41, 5.74) is 2.48. The molecule has 0 atom stereocenters. The van der Waals surface area contributed by atoms with Crippen molar-refractivity contribution in [3.05, 3.63) is 48.7 Å². The third kappa shape index (κ3) is 3.96. The number of aromatic amines is 1. The van der Waals surface area contributed by atoms with Gasteiger partial charge in [-0.15, -0.1) is 6.58 Å². The Morgan fingerprint density at radius 2 is 2.15 bits per heavy atom. The molecule has 0 bridgehead atoms. The van der Waals surface area contributed by atoms with E-state index in [1.165, 1.54) is 16.5 Å². The van der Waals surface area contributed by atoms with Gasteiger partial charge < -0.3 is 15.6 Å². The predicted molar refractivity (Wildman–Crippen MR) is 82.7 cm³/mol. The molecule has 20 heavy (non-hydrogen) atoms. The number of hydrogen-bond donors (Lipinski definition) is 3. The summed E-state index contributed by atoms with van der Waals surface area (Å²) in [6.45, 7) is 5.67. The second-order valence-corrected chi connectivity index (χ2v) is 4.70.